The van der Waals surface area contributed by atoms with E-state index in [2.05, 4.69) is 50.5 Å². The van der Waals surface area contributed by atoms with Crippen molar-refractivity contribution in [3.8, 4) is 5.75 Å². The second kappa shape index (κ2) is 8.53. The molecule has 4 nitrogen and oxygen atoms in total. The van der Waals surface area contributed by atoms with Gasteiger partial charge in [-0.1, -0.05) is 46.3 Å². The molecule has 146 valence electrons. The highest BCUT2D eigenvalue weighted by Crippen LogP contribution is 2.31. The van der Waals surface area contributed by atoms with Crippen LogP contribution >= 0.6 is 15.9 Å². The van der Waals surface area contributed by atoms with Gasteiger partial charge >= 0.3 is 0 Å². The lowest BCUT2D eigenvalue weighted by Gasteiger charge is -2.19. The number of methoxy groups -OCH3 is 1. The molecule has 29 heavy (non-hydrogen) atoms. The van der Waals surface area contributed by atoms with E-state index in [0.717, 1.165) is 32.3 Å². The molecule has 5 heteroatoms. The van der Waals surface area contributed by atoms with Crippen molar-refractivity contribution in [2.75, 3.05) is 13.7 Å². The van der Waals surface area contributed by atoms with E-state index in [9.17, 15) is 4.79 Å². The number of hydrogen-bond acceptors (Lipinski definition) is 2. The van der Waals surface area contributed by atoms with Gasteiger partial charge in [0.1, 0.15) is 5.75 Å². The predicted octanol–water partition coefficient (Wildman–Crippen LogP) is 5.50. The zero-order valence-corrected chi connectivity index (χ0v) is 17.6. The van der Waals surface area contributed by atoms with Crippen LogP contribution in [0.1, 0.15) is 27.4 Å². The van der Waals surface area contributed by atoms with Gasteiger partial charge < -0.3 is 15.0 Å². The molecule has 1 unspecified atom stereocenters. The Balaban J connectivity index is 1.64. The van der Waals surface area contributed by atoms with Gasteiger partial charge in [0.05, 0.1) is 7.11 Å². The van der Waals surface area contributed by atoms with Crippen LogP contribution in [0.5, 0.6) is 5.75 Å². The van der Waals surface area contributed by atoms with Gasteiger partial charge in [-0.3, -0.25) is 4.79 Å². The summed E-state index contributed by atoms with van der Waals surface area (Å²) >= 11 is 3.40. The normalized spacial score (nSPS) is 11.9. The molecule has 0 aliphatic rings. The van der Waals surface area contributed by atoms with E-state index < -0.39 is 0 Å². The van der Waals surface area contributed by atoms with Gasteiger partial charge in [0.25, 0.3) is 5.91 Å². The summed E-state index contributed by atoms with van der Waals surface area (Å²) in [6, 6.07) is 23.6. The second-order valence-electron chi connectivity index (χ2n) is 6.83. The predicted molar refractivity (Wildman–Crippen MR) is 120 cm³/mol. The number of nitrogens with one attached hydrogen (secondary N) is 2. The maximum absolute atomic E-state index is 12.7. The van der Waals surface area contributed by atoms with E-state index >= 15 is 0 Å². The lowest BCUT2D eigenvalue weighted by molar-refractivity contribution is 0.0952. The maximum Gasteiger partial charge on any atom is 0.251 e. The molecule has 0 fully saturated rings. The first kappa shape index (κ1) is 19.3. The van der Waals surface area contributed by atoms with Crippen molar-refractivity contribution >= 4 is 32.7 Å². The van der Waals surface area contributed by atoms with Crippen molar-refractivity contribution in [1.82, 2.24) is 10.3 Å². The number of fused-ring (bicyclic) bond motifs is 1. The summed E-state index contributed by atoms with van der Waals surface area (Å²) in [5, 5.41) is 4.26. The number of hydrogen-bond donors (Lipinski definition) is 2. The van der Waals surface area contributed by atoms with Crippen molar-refractivity contribution < 1.29 is 9.53 Å². The van der Waals surface area contributed by atoms with Crippen LogP contribution in [0.15, 0.2) is 83.5 Å². The number of benzene rings is 3. The smallest absolute Gasteiger partial charge is 0.251 e. The summed E-state index contributed by atoms with van der Waals surface area (Å²) in [7, 11) is 1.66. The molecular formula is C24H21BrN2O2. The summed E-state index contributed by atoms with van der Waals surface area (Å²) in [6.07, 6.45) is 2.03. The van der Waals surface area contributed by atoms with Crippen molar-refractivity contribution in [3.63, 3.8) is 0 Å². The number of ether oxygens (including phenoxy) is 1. The first-order valence-electron chi connectivity index (χ1n) is 9.39. The molecule has 1 heterocycles. The van der Waals surface area contributed by atoms with Gasteiger partial charge in [-0.15, -0.1) is 0 Å². The molecule has 0 aliphatic heterocycles. The number of aromatic nitrogens is 1. The third-order valence-corrected chi connectivity index (χ3v) is 5.62. The minimum atomic E-state index is -0.0872. The minimum absolute atomic E-state index is 0.0106. The topological polar surface area (TPSA) is 54.1 Å². The van der Waals surface area contributed by atoms with Crippen molar-refractivity contribution in [1.29, 1.82) is 0 Å². The largest absolute Gasteiger partial charge is 0.497 e. The zero-order chi connectivity index (χ0) is 20.2. The van der Waals surface area contributed by atoms with Gasteiger partial charge in [0.15, 0.2) is 0 Å². The number of rotatable bonds is 6. The number of carbonyl (C=O) groups excluding carboxylic acids is 1. The Morgan fingerprint density at radius 3 is 2.48 bits per heavy atom. The third kappa shape index (κ3) is 4.20. The Labute approximate surface area is 178 Å². The highest BCUT2D eigenvalue weighted by molar-refractivity contribution is 9.10. The van der Waals surface area contributed by atoms with Gasteiger partial charge in [-0.2, -0.15) is 0 Å². The van der Waals surface area contributed by atoms with Crippen LogP contribution in [-0.2, 0) is 0 Å². The summed E-state index contributed by atoms with van der Waals surface area (Å²) in [5.74, 6) is 0.734. The fraction of sp³-hybridized carbons (Fsp3) is 0.125. The van der Waals surface area contributed by atoms with Crippen molar-refractivity contribution in [3.05, 3.63) is 100 Å². The molecule has 4 rings (SSSR count). The Morgan fingerprint density at radius 2 is 1.76 bits per heavy atom. The minimum Gasteiger partial charge on any atom is -0.497 e. The number of halogens is 1. The summed E-state index contributed by atoms with van der Waals surface area (Å²) < 4.78 is 6.24. The third-order valence-electron chi connectivity index (χ3n) is 5.09. The van der Waals surface area contributed by atoms with E-state index in [1.165, 1.54) is 0 Å². The Kier molecular flexibility index (Phi) is 5.67. The summed E-state index contributed by atoms with van der Waals surface area (Å²) in [5.41, 5.74) is 3.99. The van der Waals surface area contributed by atoms with Gasteiger partial charge in [-0.05, 0) is 53.6 Å². The maximum atomic E-state index is 12.7. The number of H-pyrrole nitrogens is 1. The van der Waals surface area contributed by atoms with Crippen LogP contribution in [0.3, 0.4) is 0 Å². The number of para-hydroxylation sites is 1. The summed E-state index contributed by atoms with van der Waals surface area (Å²) in [4.78, 5) is 16.0. The summed E-state index contributed by atoms with van der Waals surface area (Å²) in [6.45, 7) is 0.489. The van der Waals surface area contributed by atoms with E-state index in [-0.39, 0.29) is 11.8 Å². The van der Waals surface area contributed by atoms with Crippen LogP contribution in [0.25, 0.3) is 10.9 Å². The van der Waals surface area contributed by atoms with Crippen molar-refractivity contribution in [2.24, 2.45) is 0 Å². The number of carbonyl (C=O) groups is 1. The highest BCUT2D eigenvalue weighted by Gasteiger charge is 2.19. The molecule has 4 aromatic rings. The molecule has 0 radical (unpaired) electrons. The van der Waals surface area contributed by atoms with E-state index in [0.29, 0.717) is 12.1 Å². The molecule has 1 atom stereocenters. The quantitative estimate of drug-likeness (QED) is 0.409. The highest BCUT2D eigenvalue weighted by atomic mass is 79.9. The Hall–Kier alpha value is -3.05. The molecule has 0 saturated carbocycles. The van der Waals surface area contributed by atoms with Gasteiger partial charge in [0.2, 0.25) is 0 Å². The average molecular weight is 449 g/mol. The van der Waals surface area contributed by atoms with Gasteiger partial charge in [0, 0.05) is 39.6 Å². The molecule has 0 saturated heterocycles. The fourth-order valence-corrected chi connectivity index (χ4v) is 3.79. The van der Waals surface area contributed by atoms with Crippen LogP contribution in [-0.4, -0.2) is 24.5 Å². The number of amides is 1. The first-order chi connectivity index (χ1) is 14.2. The lowest BCUT2D eigenvalue weighted by Crippen LogP contribution is -2.28. The van der Waals surface area contributed by atoms with Gasteiger partial charge in [-0.25, -0.2) is 0 Å². The van der Waals surface area contributed by atoms with E-state index in [1.807, 2.05) is 54.7 Å². The molecule has 2 N–H and O–H groups in total. The first-order valence-corrected chi connectivity index (χ1v) is 10.2. The molecule has 1 amide bonds. The molecule has 0 bridgehead atoms. The van der Waals surface area contributed by atoms with Crippen LogP contribution in [0, 0.1) is 0 Å². The molecule has 0 aliphatic carbocycles. The SMILES string of the molecule is COc1ccc(C(CNC(=O)c2ccc(Br)cc2)c2c[nH]c3ccccc23)cc1. The zero-order valence-electron chi connectivity index (χ0n) is 16.0. The molecule has 0 spiro atoms. The van der Waals surface area contributed by atoms with Crippen molar-refractivity contribution in [2.45, 2.75) is 5.92 Å². The Morgan fingerprint density at radius 1 is 1.03 bits per heavy atom. The molecular weight excluding hydrogens is 428 g/mol. The Bertz CT molecular complexity index is 1120. The lowest BCUT2D eigenvalue weighted by atomic mass is 9.90. The van der Waals surface area contributed by atoms with E-state index in [4.69, 9.17) is 4.74 Å². The standard InChI is InChI=1S/C24H21BrN2O2/c1-29-19-12-8-16(9-13-19)21(22-15-26-23-5-3-2-4-20(22)23)14-27-24(28)17-6-10-18(25)11-7-17/h2-13,15,21,26H,14H2,1H3,(H,27,28). The van der Waals surface area contributed by atoms with E-state index in [1.54, 1.807) is 7.11 Å². The van der Waals surface area contributed by atoms with Crippen LogP contribution in [0.4, 0.5) is 0 Å². The molecule has 3 aromatic carbocycles. The van der Waals surface area contributed by atoms with Crippen LogP contribution in [0.2, 0.25) is 0 Å². The average Bonchev–Trinajstić information content (AvgIpc) is 3.19. The number of aromatic amines is 1. The monoisotopic (exact) mass is 448 g/mol. The van der Waals surface area contributed by atoms with Crippen LogP contribution < -0.4 is 10.1 Å². The molecule has 1 aromatic heterocycles. The second-order valence-corrected chi connectivity index (χ2v) is 7.75. The fourth-order valence-electron chi connectivity index (χ4n) is 3.52.